The van der Waals surface area contributed by atoms with E-state index < -0.39 is 0 Å². The fraction of sp³-hybridized carbons (Fsp3) is 0.750. The van der Waals surface area contributed by atoms with Crippen LogP contribution < -0.4 is 16.4 Å². The monoisotopic (exact) mass is 543 g/mol. The third-order valence-electron chi connectivity index (χ3n) is 9.77. The molecule has 0 radical (unpaired) electrons. The zero-order valence-corrected chi connectivity index (χ0v) is 23.1. The first-order chi connectivity index (χ1) is 18.5. The molecule has 1 spiro atoms. The number of nitrogen functional groups attached to an aromatic ring is 1. The van der Waals surface area contributed by atoms with Gasteiger partial charge in [0.15, 0.2) is 11.5 Å². The van der Waals surface area contributed by atoms with E-state index in [0.717, 1.165) is 52.1 Å². The summed E-state index contributed by atoms with van der Waals surface area (Å²) in [4.78, 5) is 21.0. The van der Waals surface area contributed by atoms with Gasteiger partial charge < -0.3 is 21.1 Å². The first-order valence-corrected chi connectivity index (χ1v) is 15.1. The van der Waals surface area contributed by atoms with Crippen molar-refractivity contribution in [3.63, 3.8) is 0 Å². The minimum absolute atomic E-state index is 0.0482. The van der Waals surface area contributed by atoms with Crippen LogP contribution in [0.3, 0.4) is 0 Å². The number of halogens is 1. The van der Waals surface area contributed by atoms with Crippen molar-refractivity contribution in [2.75, 3.05) is 38.6 Å². The van der Waals surface area contributed by atoms with Gasteiger partial charge in [0.25, 0.3) is 5.91 Å². The van der Waals surface area contributed by atoms with Crippen LogP contribution in [-0.4, -0.2) is 75.9 Å². The van der Waals surface area contributed by atoms with E-state index in [1.165, 1.54) is 55.9 Å². The van der Waals surface area contributed by atoms with E-state index >= 15 is 0 Å². The second kappa shape index (κ2) is 11.3. The Morgan fingerprint density at radius 1 is 1.11 bits per heavy atom. The number of nitrogens with two attached hydrogens (primary N) is 1. The molecule has 4 aliphatic rings. The average molecular weight is 544 g/mol. The molecule has 2 unspecified atom stereocenters. The van der Waals surface area contributed by atoms with Gasteiger partial charge in [-0.15, -0.1) is 5.10 Å². The van der Waals surface area contributed by atoms with Crippen molar-refractivity contribution < 1.29 is 9.53 Å². The normalized spacial score (nSPS) is 27.9. The van der Waals surface area contributed by atoms with Crippen LogP contribution in [0.2, 0.25) is 5.02 Å². The lowest BCUT2D eigenvalue weighted by atomic mass is 9.65. The summed E-state index contributed by atoms with van der Waals surface area (Å²) in [5.74, 6) is 1.06. The van der Waals surface area contributed by atoms with Gasteiger partial charge in [0.2, 0.25) is 0 Å². The molecule has 38 heavy (non-hydrogen) atoms. The maximum absolute atomic E-state index is 14.0. The number of nitrogens with zero attached hydrogens (tertiary/aromatic N) is 4. The van der Waals surface area contributed by atoms with Crippen molar-refractivity contribution in [3.05, 3.63) is 23.0 Å². The van der Waals surface area contributed by atoms with Gasteiger partial charge in [0.1, 0.15) is 5.56 Å². The average Bonchev–Trinajstić information content (AvgIpc) is 3.26. The predicted molar refractivity (Wildman–Crippen MR) is 148 cm³/mol. The lowest BCUT2D eigenvalue weighted by Gasteiger charge is -2.53. The lowest BCUT2D eigenvalue weighted by molar-refractivity contribution is -0.0785. The third-order valence-corrected chi connectivity index (χ3v) is 9.97. The highest BCUT2D eigenvalue weighted by Crippen LogP contribution is 2.42. The summed E-state index contributed by atoms with van der Waals surface area (Å²) in [6.45, 7) is 5.02. The van der Waals surface area contributed by atoms with E-state index in [1.54, 1.807) is 12.4 Å². The largest absolute Gasteiger partial charge is 0.381 e. The molecule has 4 fully saturated rings. The van der Waals surface area contributed by atoms with Crippen LogP contribution in [0.5, 0.6) is 0 Å². The Balaban J connectivity index is 1.29. The number of rotatable bonds is 4. The highest BCUT2D eigenvalue weighted by atomic mass is 35.5. The van der Waals surface area contributed by atoms with E-state index in [9.17, 15) is 4.79 Å². The van der Waals surface area contributed by atoms with Crippen molar-refractivity contribution >= 4 is 29.0 Å². The highest BCUT2D eigenvalue weighted by Gasteiger charge is 2.49. The molecule has 3 aliphatic heterocycles. The quantitative estimate of drug-likeness (QED) is 0.540. The summed E-state index contributed by atoms with van der Waals surface area (Å²) in [6, 6.07) is 0.645. The van der Waals surface area contributed by atoms with Gasteiger partial charge in [0, 0.05) is 11.7 Å². The summed E-state index contributed by atoms with van der Waals surface area (Å²) in [5.41, 5.74) is 6.99. The van der Waals surface area contributed by atoms with Gasteiger partial charge in [-0.3, -0.25) is 9.69 Å². The fourth-order valence-corrected chi connectivity index (χ4v) is 7.78. The van der Waals surface area contributed by atoms with Crippen molar-refractivity contribution in [2.45, 2.75) is 88.3 Å². The Labute approximate surface area is 230 Å². The van der Waals surface area contributed by atoms with Crippen LogP contribution in [0.25, 0.3) is 5.65 Å². The van der Waals surface area contributed by atoms with E-state index in [-0.39, 0.29) is 23.3 Å². The minimum Gasteiger partial charge on any atom is -0.381 e. The van der Waals surface area contributed by atoms with Crippen molar-refractivity contribution in [2.24, 2.45) is 11.8 Å². The number of hydrogen-bond acceptors (Lipinski definition) is 7. The summed E-state index contributed by atoms with van der Waals surface area (Å²) >= 11 is 6.12. The number of fused-ring (bicyclic) bond motifs is 1. The molecule has 0 bridgehead atoms. The van der Waals surface area contributed by atoms with Gasteiger partial charge in [-0.2, -0.15) is 0 Å². The maximum atomic E-state index is 14.0. The van der Waals surface area contributed by atoms with E-state index in [4.69, 9.17) is 22.1 Å². The second-order valence-corrected chi connectivity index (χ2v) is 12.4. The van der Waals surface area contributed by atoms with Crippen LogP contribution in [0.4, 0.5) is 5.82 Å². The molecule has 208 valence electrons. The van der Waals surface area contributed by atoms with Crippen LogP contribution in [0.1, 0.15) is 81.0 Å². The van der Waals surface area contributed by atoms with Crippen molar-refractivity contribution in [1.29, 1.82) is 0 Å². The first-order valence-electron chi connectivity index (χ1n) is 14.7. The maximum Gasteiger partial charge on any atom is 0.259 e. The number of nitrogens with one attached hydrogen (secondary N) is 2. The van der Waals surface area contributed by atoms with Crippen LogP contribution >= 0.6 is 11.6 Å². The van der Waals surface area contributed by atoms with E-state index in [0.29, 0.717) is 34.1 Å². The number of carbonyl (C=O) groups excluding carboxylic acids is 1. The predicted octanol–water partition coefficient (Wildman–Crippen LogP) is 3.66. The van der Waals surface area contributed by atoms with Crippen LogP contribution in [0.15, 0.2) is 12.4 Å². The molecule has 9 nitrogen and oxygen atoms in total. The summed E-state index contributed by atoms with van der Waals surface area (Å²) in [5, 5.41) is 12.3. The molecule has 2 aromatic rings. The molecule has 1 saturated carbocycles. The van der Waals surface area contributed by atoms with Crippen LogP contribution in [0, 0.1) is 11.8 Å². The Morgan fingerprint density at radius 3 is 2.50 bits per heavy atom. The fourth-order valence-electron chi connectivity index (χ4n) is 7.64. The Hall–Kier alpha value is -1.94. The number of hydrogen-bond donors (Lipinski definition) is 3. The first kappa shape index (κ1) is 26.3. The van der Waals surface area contributed by atoms with Gasteiger partial charge in [-0.25, -0.2) is 9.50 Å². The smallest absolute Gasteiger partial charge is 0.259 e. The topological polar surface area (TPSA) is 110 Å². The molecule has 2 atom stereocenters. The highest BCUT2D eigenvalue weighted by molar-refractivity contribution is 6.30. The third kappa shape index (κ3) is 5.15. The van der Waals surface area contributed by atoms with Crippen molar-refractivity contribution in [1.82, 2.24) is 30.1 Å². The summed E-state index contributed by atoms with van der Waals surface area (Å²) in [7, 11) is 0. The zero-order valence-electron chi connectivity index (χ0n) is 22.3. The molecule has 5 heterocycles. The Kier molecular flexibility index (Phi) is 7.80. The van der Waals surface area contributed by atoms with Crippen LogP contribution in [-0.2, 0) is 4.74 Å². The molecule has 10 heteroatoms. The standard InChI is InChI=1S/C28H42ClN7O2/c29-20-15-31-26-23(25(30)34-36(26)16-20)27(37)33-24-22(19-8-13-35(14-9-19)21-17-38-18-21)7-12-32-28(24)10-5-3-1-2-4-6-11-28/h15-16,19,21-22,24,32H,1-14,17-18H2,(H2,30,34)(H,33,37). The molecule has 2 aromatic heterocycles. The van der Waals surface area contributed by atoms with Gasteiger partial charge in [-0.05, 0) is 63.6 Å². The van der Waals surface area contributed by atoms with E-state index in [1.807, 2.05) is 0 Å². The summed E-state index contributed by atoms with van der Waals surface area (Å²) < 4.78 is 6.97. The number of ether oxygens (including phenoxy) is 1. The number of carbonyl (C=O) groups is 1. The molecular formula is C28H42ClN7O2. The molecule has 4 N–H and O–H groups in total. The van der Waals surface area contributed by atoms with E-state index in [2.05, 4.69) is 25.6 Å². The summed E-state index contributed by atoms with van der Waals surface area (Å²) in [6.07, 6.45) is 16.4. The van der Waals surface area contributed by atoms with Gasteiger partial charge >= 0.3 is 0 Å². The second-order valence-electron chi connectivity index (χ2n) is 12.0. The number of likely N-dealkylation sites (tertiary alicyclic amines) is 1. The molecule has 0 aromatic carbocycles. The Bertz CT molecular complexity index is 1120. The number of piperidine rings is 2. The molecule has 3 saturated heterocycles. The molecule has 1 amide bonds. The number of amides is 1. The molecular weight excluding hydrogens is 502 g/mol. The Morgan fingerprint density at radius 2 is 1.82 bits per heavy atom. The van der Waals surface area contributed by atoms with Crippen molar-refractivity contribution in [3.8, 4) is 0 Å². The number of anilines is 1. The zero-order chi connectivity index (χ0) is 26.1. The lowest BCUT2D eigenvalue weighted by Crippen LogP contribution is -2.68. The minimum atomic E-state index is -0.172. The molecule has 6 rings (SSSR count). The molecule has 1 aliphatic carbocycles. The van der Waals surface area contributed by atoms with Gasteiger partial charge in [-0.1, -0.05) is 50.1 Å². The number of aromatic nitrogens is 3. The SMILES string of the molecule is Nc1nn2cc(Cl)cnc2c1C(=O)NC1C(C2CCN(C3COC3)CC2)CCNC12CCCCCCCC2. The van der Waals surface area contributed by atoms with Gasteiger partial charge in [0.05, 0.1) is 36.5 Å².